The lowest BCUT2D eigenvalue weighted by atomic mass is 10.0. The number of benzene rings is 1. The van der Waals surface area contributed by atoms with Crippen LogP contribution in [-0.2, 0) is 25.8 Å². The van der Waals surface area contributed by atoms with E-state index in [9.17, 15) is 30.7 Å². The number of hydrogen-bond donors (Lipinski definition) is 0. The summed E-state index contributed by atoms with van der Waals surface area (Å²) in [5.41, 5.74) is -5.53. The molecule has 1 aromatic carbocycles. The van der Waals surface area contributed by atoms with Crippen molar-refractivity contribution in [2.45, 2.75) is 25.7 Å². The first kappa shape index (κ1) is 18.6. The maximum atomic E-state index is 14.1. The first-order valence-electron chi connectivity index (χ1n) is 6.57. The van der Waals surface area contributed by atoms with Crippen molar-refractivity contribution < 1.29 is 30.7 Å². The van der Waals surface area contributed by atoms with Gasteiger partial charge in [-0.25, -0.2) is 4.39 Å². The summed E-state index contributed by atoms with van der Waals surface area (Å²) in [5, 5.41) is 3.24. The highest BCUT2D eigenvalue weighted by Gasteiger charge is 2.49. The lowest BCUT2D eigenvalue weighted by Crippen LogP contribution is -2.19. The summed E-state index contributed by atoms with van der Waals surface area (Å²) < 4.78 is 92.8. The van der Waals surface area contributed by atoms with Gasteiger partial charge in [0.05, 0.1) is 0 Å². The standard InChI is InChI=1S/C14H10ClF7N2/c1-3-6-4-7(9(16)5-8(6)15)11-10(13(17,18)19)12(14(20,21)22)24(2)23-11/h4-5H,3H2,1-2H3. The Labute approximate surface area is 136 Å². The van der Waals surface area contributed by atoms with Crippen molar-refractivity contribution >= 4 is 11.6 Å². The minimum absolute atomic E-state index is 0.0284. The summed E-state index contributed by atoms with van der Waals surface area (Å²) >= 11 is 5.76. The van der Waals surface area contributed by atoms with Crippen molar-refractivity contribution in [3.8, 4) is 11.3 Å². The molecule has 0 aliphatic carbocycles. The molecular formula is C14H10ClF7N2. The van der Waals surface area contributed by atoms with E-state index in [1.165, 1.54) is 0 Å². The molecule has 0 spiro atoms. The van der Waals surface area contributed by atoms with Gasteiger partial charge < -0.3 is 0 Å². The van der Waals surface area contributed by atoms with Gasteiger partial charge in [-0.05, 0) is 24.1 Å². The minimum atomic E-state index is -5.37. The normalized spacial score (nSPS) is 12.8. The highest BCUT2D eigenvalue weighted by Crippen LogP contribution is 2.45. The Hall–Kier alpha value is -1.77. The third kappa shape index (κ3) is 3.22. The third-order valence-corrected chi connectivity index (χ3v) is 3.72. The van der Waals surface area contributed by atoms with Crippen molar-refractivity contribution in [3.63, 3.8) is 0 Å². The number of nitrogens with zero attached hydrogens (tertiary/aromatic N) is 2. The van der Waals surface area contributed by atoms with Gasteiger partial charge in [0, 0.05) is 17.6 Å². The lowest BCUT2D eigenvalue weighted by Gasteiger charge is -2.13. The average Bonchev–Trinajstić information content (AvgIpc) is 2.76. The molecule has 0 saturated carbocycles. The summed E-state index contributed by atoms with van der Waals surface area (Å²) in [7, 11) is 0.718. The first-order valence-corrected chi connectivity index (χ1v) is 6.95. The molecule has 0 amide bonds. The molecule has 0 unspecified atom stereocenters. The van der Waals surface area contributed by atoms with E-state index in [0.29, 0.717) is 5.56 Å². The minimum Gasteiger partial charge on any atom is -0.262 e. The average molecular weight is 375 g/mol. The molecule has 0 radical (unpaired) electrons. The van der Waals surface area contributed by atoms with Gasteiger partial charge >= 0.3 is 12.4 Å². The number of alkyl halides is 6. The van der Waals surface area contributed by atoms with E-state index in [0.717, 1.165) is 19.2 Å². The van der Waals surface area contributed by atoms with Crippen LogP contribution in [0, 0.1) is 5.82 Å². The van der Waals surface area contributed by atoms with E-state index in [-0.39, 0.29) is 16.1 Å². The largest absolute Gasteiger partial charge is 0.433 e. The van der Waals surface area contributed by atoms with Crippen LogP contribution in [0.5, 0.6) is 0 Å². The fourth-order valence-corrected chi connectivity index (χ4v) is 2.64. The fourth-order valence-electron chi connectivity index (χ4n) is 2.35. The Morgan fingerprint density at radius 1 is 1.08 bits per heavy atom. The predicted molar refractivity (Wildman–Crippen MR) is 73.0 cm³/mol. The molecular weight excluding hydrogens is 365 g/mol. The van der Waals surface area contributed by atoms with Gasteiger partial charge in [-0.3, -0.25) is 4.68 Å². The van der Waals surface area contributed by atoms with Crippen LogP contribution in [0.15, 0.2) is 12.1 Å². The Bertz CT molecular complexity index is 775. The zero-order valence-corrected chi connectivity index (χ0v) is 13.0. The molecule has 0 atom stereocenters. The molecule has 2 rings (SSSR count). The number of aromatic nitrogens is 2. The topological polar surface area (TPSA) is 17.8 Å². The molecule has 2 aromatic rings. The maximum absolute atomic E-state index is 14.1. The highest BCUT2D eigenvalue weighted by atomic mass is 35.5. The summed E-state index contributed by atoms with van der Waals surface area (Å²) in [4.78, 5) is 0. The summed E-state index contributed by atoms with van der Waals surface area (Å²) in [6.07, 6.45) is -10.4. The van der Waals surface area contributed by atoms with Crippen molar-refractivity contribution in [2.75, 3.05) is 0 Å². The second-order valence-electron chi connectivity index (χ2n) is 4.97. The van der Waals surface area contributed by atoms with Crippen LogP contribution in [-0.4, -0.2) is 9.78 Å². The Morgan fingerprint density at radius 2 is 1.67 bits per heavy atom. The van der Waals surface area contributed by atoms with E-state index in [4.69, 9.17) is 11.6 Å². The smallest absolute Gasteiger partial charge is 0.262 e. The van der Waals surface area contributed by atoms with Crippen LogP contribution >= 0.6 is 11.6 Å². The second kappa shape index (κ2) is 5.94. The van der Waals surface area contributed by atoms with Gasteiger partial charge in [0.1, 0.15) is 17.1 Å². The molecule has 24 heavy (non-hydrogen) atoms. The van der Waals surface area contributed by atoms with Crippen LogP contribution in [0.3, 0.4) is 0 Å². The van der Waals surface area contributed by atoms with E-state index in [1.807, 2.05) is 0 Å². The SMILES string of the molecule is CCc1cc(-c2nn(C)c(C(F)(F)F)c2C(F)(F)F)c(F)cc1Cl. The molecule has 0 aliphatic rings. The number of hydrogen-bond acceptors (Lipinski definition) is 1. The zero-order valence-electron chi connectivity index (χ0n) is 12.3. The van der Waals surface area contributed by atoms with Gasteiger partial charge in [-0.1, -0.05) is 18.5 Å². The molecule has 0 aliphatic heterocycles. The van der Waals surface area contributed by atoms with Gasteiger partial charge in [-0.2, -0.15) is 31.4 Å². The second-order valence-corrected chi connectivity index (χ2v) is 5.38. The lowest BCUT2D eigenvalue weighted by molar-refractivity contribution is -0.165. The van der Waals surface area contributed by atoms with Gasteiger partial charge in [0.15, 0.2) is 5.69 Å². The maximum Gasteiger partial charge on any atom is 0.433 e. The molecule has 0 saturated heterocycles. The van der Waals surface area contributed by atoms with Crippen LogP contribution in [0.4, 0.5) is 30.7 Å². The molecule has 1 heterocycles. The van der Waals surface area contributed by atoms with Crippen molar-refractivity contribution in [3.05, 3.63) is 39.8 Å². The molecule has 2 nitrogen and oxygen atoms in total. The summed E-state index contributed by atoms with van der Waals surface area (Å²) in [6.45, 7) is 1.62. The van der Waals surface area contributed by atoms with Gasteiger partial charge in [-0.15, -0.1) is 0 Å². The molecule has 132 valence electrons. The quantitative estimate of drug-likeness (QED) is 0.636. The van der Waals surface area contributed by atoms with E-state index in [1.54, 1.807) is 6.92 Å². The van der Waals surface area contributed by atoms with E-state index >= 15 is 0 Å². The van der Waals surface area contributed by atoms with Crippen LogP contribution in [0.25, 0.3) is 11.3 Å². The summed E-state index contributed by atoms with van der Waals surface area (Å²) in [5.74, 6) is -1.19. The van der Waals surface area contributed by atoms with Crippen molar-refractivity contribution in [1.82, 2.24) is 9.78 Å². The Balaban J connectivity index is 2.87. The molecule has 0 fully saturated rings. The Morgan fingerprint density at radius 3 is 2.12 bits per heavy atom. The number of aryl methyl sites for hydroxylation is 2. The van der Waals surface area contributed by atoms with Gasteiger partial charge in [0.2, 0.25) is 0 Å². The Kier molecular flexibility index (Phi) is 4.60. The molecule has 1 aromatic heterocycles. The van der Waals surface area contributed by atoms with Crippen LogP contribution in [0.2, 0.25) is 5.02 Å². The summed E-state index contributed by atoms with van der Waals surface area (Å²) in [6, 6.07) is 1.74. The van der Waals surface area contributed by atoms with Crippen molar-refractivity contribution in [1.29, 1.82) is 0 Å². The zero-order chi connectivity index (χ0) is 18.4. The van der Waals surface area contributed by atoms with Crippen LogP contribution in [0.1, 0.15) is 23.7 Å². The van der Waals surface area contributed by atoms with Crippen LogP contribution < -0.4 is 0 Å². The fraction of sp³-hybridized carbons (Fsp3) is 0.357. The van der Waals surface area contributed by atoms with E-state index < -0.39 is 40.7 Å². The highest BCUT2D eigenvalue weighted by molar-refractivity contribution is 6.31. The van der Waals surface area contributed by atoms with E-state index in [2.05, 4.69) is 5.10 Å². The molecule has 0 bridgehead atoms. The number of rotatable bonds is 2. The van der Waals surface area contributed by atoms with Gasteiger partial charge in [0.25, 0.3) is 0 Å². The monoisotopic (exact) mass is 374 g/mol. The first-order chi connectivity index (χ1) is 10.9. The third-order valence-electron chi connectivity index (χ3n) is 3.37. The molecule has 0 N–H and O–H groups in total. The van der Waals surface area contributed by atoms with Crippen molar-refractivity contribution in [2.24, 2.45) is 7.05 Å². The molecule has 10 heteroatoms. The number of halogens is 8. The predicted octanol–water partition coefficient (Wildman–Crippen LogP) is 5.48.